The van der Waals surface area contributed by atoms with E-state index in [4.69, 9.17) is 13.9 Å². The van der Waals surface area contributed by atoms with Gasteiger partial charge in [0.25, 0.3) is 0 Å². The number of halogens is 3. The molecule has 6 rings (SSSR count). The first-order valence-corrected chi connectivity index (χ1v) is 13.6. The van der Waals surface area contributed by atoms with E-state index in [-0.39, 0.29) is 10.8 Å². The van der Waals surface area contributed by atoms with Gasteiger partial charge in [-0.15, -0.1) is 0 Å². The van der Waals surface area contributed by atoms with Crippen molar-refractivity contribution in [3.05, 3.63) is 154 Å². The van der Waals surface area contributed by atoms with Crippen molar-refractivity contribution in [3.63, 3.8) is 0 Å². The summed E-state index contributed by atoms with van der Waals surface area (Å²) in [6.07, 6.45) is -4.47. The van der Waals surface area contributed by atoms with Crippen LogP contribution in [0.5, 0.6) is 11.5 Å². The molecule has 0 saturated carbocycles. The number of ether oxygens (including phenoxy) is 2. The van der Waals surface area contributed by atoms with Crippen molar-refractivity contribution >= 4 is 11.0 Å². The van der Waals surface area contributed by atoms with E-state index in [1.165, 1.54) is 12.1 Å². The Labute approximate surface area is 245 Å². The van der Waals surface area contributed by atoms with Gasteiger partial charge in [0.15, 0.2) is 16.9 Å². The highest BCUT2D eigenvalue weighted by molar-refractivity contribution is 5.84. The second-order valence-corrected chi connectivity index (χ2v) is 9.97. The number of benzene rings is 5. The maximum absolute atomic E-state index is 13.2. The van der Waals surface area contributed by atoms with Crippen molar-refractivity contribution in [1.29, 1.82) is 0 Å². The minimum absolute atomic E-state index is 0.266. The Morgan fingerprint density at radius 1 is 0.581 bits per heavy atom. The third-order valence-corrected chi connectivity index (χ3v) is 6.95. The molecule has 0 atom stereocenters. The van der Waals surface area contributed by atoms with Crippen LogP contribution in [0.15, 0.2) is 137 Å². The molecule has 1 aromatic heterocycles. The molecule has 0 unspecified atom stereocenters. The van der Waals surface area contributed by atoms with E-state index in [2.05, 4.69) is 0 Å². The second kappa shape index (κ2) is 11.9. The standard InChI is InChI=1S/C36H25F3O4/c37-36(38,39)29-13-7-12-26(18-29)27-14-16-32-30(19-27)31(40)21-34(43-32)28-15-17-33(41-22-24-8-3-1-4-9-24)35(20-28)42-23-25-10-5-2-6-11-25/h1-21H,22-23H2. The molecule has 0 radical (unpaired) electrons. The number of hydrogen-bond donors (Lipinski definition) is 0. The molecule has 0 spiro atoms. The van der Waals surface area contributed by atoms with Crippen LogP contribution in [0, 0.1) is 0 Å². The molecule has 0 fully saturated rings. The molecule has 0 aliphatic heterocycles. The highest BCUT2D eigenvalue weighted by atomic mass is 19.4. The third kappa shape index (κ3) is 6.46. The SMILES string of the molecule is O=c1cc(-c2ccc(OCc3ccccc3)c(OCc3ccccc3)c2)oc2ccc(-c3cccc(C(F)(F)F)c3)cc12. The smallest absolute Gasteiger partial charge is 0.416 e. The fourth-order valence-corrected chi connectivity index (χ4v) is 4.72. The number of alkyl halides is 3. The molecule has 0 aliphatic rings. The van der Waals surface area contributed by atoms with E-state index in [9.17, 15) is 18.0 Å². The molecule has 4 nitrogen and oxygen atoms in total. The summed E-state index contributed by atoms with van der Waals surface area (Å²) in [6.45, 7) is 0.660. The van der Waals surface area contributed by atoms with Gasteiger partial charge in [-0.3, -0.25) is 4.79 Å². The van der Waals surface area contributed by atoms with E-state index in [0.717, 1.165) is 23.3 Å². The predicted octanol–water partition coefficient (Wildman–Crippen LogP) is 9.30. The molecular formula is C36H25F3O4. The van der Waals surface area contributed by atoms with E-state index < -0.39 is 11.7 Å². The Hall–Kier alpha value is -5.30. The monoisotopic (exact) mass is 578 g/mol. The van der Waals surface area contributed by atoms with Gasteiger partial charge >= 0.3 is 6.18 Å². The molecule has 1 heterocycles. The summed E-state index contributed by atoms with van der Waals surface area (Å²) in [5, 5.41) is 0.266. The lowest BCUT2D eigenvalue weighted by molar-refractivity contribution is -0.137. The van der Waals surface area contributed by atoms with Gasteiger partial charge in [0.2, 0.25) is 0 Å². The van der Waals surface area contributed by atoms with Crippen LogP contribution < -0.4 is 14.9 Å². The summed E-state index contributed by atoms with van der Waals surface area (Å²) < 4.78 is 58.1. The first-order valence-electron chi connectivity index (χ1n) is 13.6. The minimum atomic E-state index is -4.47. The molecule has 43 heavy (non-hydrogen) atoms. The molecule has 214 valence electrons. The number of fused-ring (bicyclic) bond motifs is 1. The second-order valence-electron chi connectivity index (χ2n) is 9.97. The fraction of sp³-hybridized carbons (Fsp3) is 0.0833. The van der Waals surface area contributed by atoms with Crippen LogP contribution in [-0.2, 0) is 19.4 Å². The fourth-order valence-electron chi connectivity index (χ4n) is 4.72. The lowest BCUT2D eigenvalue weighted by atomic mass is 10.0. The van der Waals surface area contributed by atoms with E-state index in [1.807, 2.05) is 60.7 Å². The van der Waals surface area contributed by atoms with Crippen molar-refractivity contribution in [2.75, 3.05) is 0 Å². The lowest BCUT2D eigenvalue weighted by Gasteiger charge is -2.15. The zero-order chi connectivity index (χ0) is 29.8. The van der Waals surface area contributed by atoms with Crippen LogP contribution in [0.25, 0.3) is 33.4 Å². The first-order chi connectivity index (χ1) is 20.8. The van der Waals surface area contributed by atoms with Gasteiger partial charge in [-0.25, -0.2) is 0 Å². The number of rotatable bonds is 8. The highest BCUT2D eigenvalue weighted by Gasteiger charge is 2.30. The van der Waals surface area contributed by atoms with Crippen LogP contribution in [0.1, 0.15) is 16.7 Å². The van der Waals surface area contributed by atoms with Gasteiger partial charge in [0.1, 0.15) is 24.6 Å². The predicted molar refractivity (Wildman–Crippen MR) is 160 cm³/mol. The van der Waals surface area contributed by atoms with Crippen LogP contribution in [0.3, 0.4) is 0 Å². The minimum Gasteiger partial charge on any atom is -0.485 e. The van der Waals surface area contributed by atoms with Crippen LogP contribution in [0.4, 0.5) is 13.2 Å². The number of hydrogen-bond acceptors (Lipinski definition) is 4. The van der Waals surface area contributed by atoms with Gasteiger partial charge in [-0.2, -0.15) is 13.2 Å². The van der Waals surface area contributed by atoms with Crippen LogP contribution in [0.2, 0.25) is 0 Å². The topological polar surface area (TPSA) is 48.7 Å². The normalized spacial score (nSPS) is 11.4. The summed E-state index contributed by atoms with van der Waals surface area (Å²) in [5.74, 6) is 1.35. The Morgan fingerprint density at radius 3 is 1.88 bits per heavy atom. The molecule has 5 aromatic carbocycles. The average Bonchev–Trinajstić information content (AvgIpc) is 3.03. The van der Waals surface area contributed by atoms with Crippen molar-refractivity contribution in [3.8, 4) is 33.9 Å². The summed E-state index contributed by atoms with van der Waals surface area (Å²) in [7, 11) is 0. The molecule has 0 saturated heterocycles. The van der Waals surface area contributed by atoms with E-state index in [0.29, 0.717) is 52.7 Å². The Balaban J connectivity index is 1.32. The summed E-state index contributed by atoms with van der Waals surface area (Å²) in [6, 6.07) is 36.0. The highest BCUT2D eigenvalue weighted by Crippen LogP contribution is 2.36. The Kier molecular flexibility index (Phi) is 7.71. The molecular weight excluding hydrogens is 553 g/mol. The van der Waals surface area contributed by atoms with Gasteiger partial charge in [-0.05, 0) is 64.7 Å². The molecule has 0 aliphatic carbocycles. The Morgan fingerprint density at radius 2 is 1.21 bits per heavy atom. The summed E-state index contributed by atoms with van der Waals surface area (Å²) in [4.78, 5) is 13.2. The summed E-state index contributed by atoms with van der Waals surface area (Å²) in [5.41, 5.74) is 2.67. The van der Waals surface area contributed by atoms with Gasteiger partial charge in [-0.1, -0.05) is 78.9 Å². The van der Waals surface area contributed by atoms with E-state index >= 15 is 0 Å². The van der Waals surface area contributed by atoms with Gasteiger partial charge < -0.3 is 13.9 Å². The van der Waals surface area contributed by atoms with Gasteiger partial charge in [0, 0.05) is 11.6 Å². The molecule has 0 bridgehead atoms. The maximum Gasteiger partial charge on any atom is 0.416 e. The van der Waals surface area contributed by atoms with Crippen LogP contribution in [-0.4, -0.2) is 0 Å². The molecule has 0 N–H and O–H groups in total. The van der Waals surface area contributed by atoms with E-state index in [1.54, 1.807) is 42.5 Å². The molecule has 6 aromatic rings. The lowest BCUT2D eigenvalue weighted by Crippen LogP contribution is -2.04. The van der Waals surface area contributed by atoms with Gasteiger partial charge in [0.05, 0.1) is 10.9 Å². The van der Waals surface area contributed by atoms with Crippen molar-refractivity contribution in [2.24, 2.45) is 0 Å². The maximum atomic E-state index is 13.2. The summed E-state index contributed by atoms with van der Waals surface area (Å²) >= 11 is 0. The third-order valence-electron chi connectivity index (χ3n) is 6.95. The largest absolute Gasteiger partial charge is 0.485 e. The first kappa shape index (κ1) is 27.8. The molecule has 7 heteroatoms. The van der Waals surface area contributed by atoms with Crippen LogP contribution >= 0.6 is 0 Å². The Bertz CT molecular complexity index is 1930. The quantitative estimate of drug-likeness (QED) is 0.181. The zero-order valence-electron chi connectivity index (χ0n) is 22.8. The zero-order valence-corrected chi connectivity index (χ0v) is 22.8. The van der Waals surface area contributed by atoms with Crippen molar-refractivity contribution in [1.82, 2.24) is 0 Å². The molecule has 0 amide bonds. The van der Waals surface area contributed by atoms with Crippen molar-refractivity contribution < 1.29 is 27.1 Å². The van der Waals surface area contributed by atoms with Crippen molar-refractivity contribution in [2.45, 2.75) is 19.4 Å². The average molecular weight is 579 g/mol.